The van der Waals surface area contributed by atoms with Crippen molar-refractivity contribution in [2.24, 2.45) is 0 Å². The predicted octanol–water partition coefficient (Wildman–Crippen LogP) is 1.57. The van der Waals surface area contributed by atoms with E-state index in [0.717, 1.165) is 45.3 Å². The van der Waals surface area contributed by atoms with Crippen molar-refractivity contribution in [3.63, 3.8) is 0 Å². The van der Waals surface area contributed by atoms with E-state index >= 15 is 0 Å². The average Bonchev–Trinajstić information content (AvgIpc) is 2.48. The lowest BCUT2D eigenvalue weighted by molar-refractivity contribution is 0.231. The summed E-state index contributed by atoms with van der Waals surface area (Å²) >= 11 is 0. The van der Waals surface area contributed by atoms with Gasteiger partial charge in [0.05, 0.1) is 0 Å². The number of nitrogens with zero attached hydrogens (tertiary/aromatic N) is 2. The van der Waals surface area contributed by atoms with E-state index < -0.39 is 10.2 Å². The third-order valence-corrected chi connectivity index (χ3v) is 6.25. The Balaban J connectivity index is 1.74. The number of likely N-dealkylation sites (tertiary alicyclic amines) is 1. The molecule has 0 amide bonds. The average molecular weight is 303 g/mol. The molecule has 0 aromatic carbocycles. The summed E-state index contributed by atoms with van der Waals surface area (Å²) in [6.45, 7) is 3.58. The summed E-state index contributed by atoms with van der Waals surface area (Å²) in [7, 11) is -1.58. The van der Waals surface area contributed by atoms with Crippen LogP contribution in [0.4, 0.5) is 0 Å². The molecule has 118 valence electrons. The molecule has 20 heavy (non-hydrogen) atoms. The molecule has 0 radical (unpaired) electrons. The smallest absolute Gasteiger partial charge is 0.279 e. The van der Waals surface area contributed by atoms with Gasteiger partial charge in [-0.15, -0.1) is 0 Å². The second-order valence-electron chi connectivity index (χ2n) is 6.11. The molecule has 2 aliphatic rings. The first-order chi connectivity index (χ1) is 9.59. The van der Waals surface area contributed by atoms with Crippen molar-refractivity contribution < 1.29 is 8.42 Å². The summed E-state index contributed by atoms with van der Waals surface area (Å²) in [4.78, 5) is 2.35. The maximum Gasteiger partial charge on any atom is 0.279 e. The second kappa shape index (κ2) is 7.73. The predicted molar refractivity (Wildman–Crippen MR) is 81.8 cm³/mol. The van der Waals surface area contributed by atoms with E-state index in [1.807, 2.05) is 0 Å². The maximum absolute atomic E-state index is 12.3. The molecule has 0 aromatic rings. The summed E-state index contributed by atoms with van der Waals surface area (Å²) in [5.74, 6) is 0. The van der Waals surface area contributed by atoms with Gasteiger partial charge in [0.25, 0.3) is 10.2 Å². The van der Waals surface area contributed by atoms with Crippen molar-refractivity contribution in [2.75, 3.05) is 33.2 Å². The fourth-order valence-corrected chi connectivity index (χ4v) is 4.41. The van der Waals surface area contributed by atoms with E-state index in [0.29, 0.717) is 6.54 Å². The molecule has 1 heterocycles. The Morgan fingerprint density at radius 2 is 1.65 bits per heavy atom. The molecule has 0 bridgehead atoms. The summed E-state index contributed by atoms with van der Waals surface area (Å²) in [5.41, 5.74) is 0. The van der Waals surface area contributed by atoms with Gasteiger partial charge in [-0.05, 0) is 38.8 Å². The van der Waals surface area contributed by atoms with Crippen LogP contribution in [0.3, 0.4) is 0 Å². The lowest BCUT2D eigenvalue weighted by Gasteiger charge is -2.31. The zero-order chi connectivity index (χ0) is 14.4. The molecule has 2 fully saturated rings. The van der Waals surface area contributed by atoms with Crippen LogP contribution in [0.2, 0.25) is 0 Å². The molecule has 0 atom stereocenters. The molecule has 1 N–H and O–H groups in total. The molecule has 1 saturated carbocycles. The Morgan fingerprint density at radius 1 is 1.05 bits per heavy atom. The quantitative estimate of drug-likeness (QED) is 0.810. The van der Waals surface area contributed by atoms with Crippen LogP contribution in [-0.2, 0) is 10.2 Å². The minimum Gasteiger partial charge on any atom is -0.302 e. The SMILES string of the molecule is CN(C1CCCCC1)S(=O)(=O)NCCN1CCCCC1. The van der Waals surface area contributed by atoms with Crippen molar-refractivity contribution in [3.8, 4) is 0 Å². The highest BCUT2D eigenvalue weighted by Gasteiger charge is 2.27. The first-order valence-electron chi connectivity index (χ1n) is 8.04. The highest BCUT2D eigenvalue weighted by Crippen LogP contribution is 2.22. The van der Waals surface area contributed by atoms with Gasteiger partial charge in [0.1, 0.15) is 0 Å². The van der Waals surface area contributed by atoms with Crippen LogP contribution in [0.5, 0.6) is 0 Å². The van der Waals surface area contributed by atoms with Gasteiger partial charge in [-0.25, -0.2) is 4.72 Å². The second-order valence-corrected chi connectivity index (χ2v) is 7.92. The zero-order valence-corrected chi connectivity index (χ0v) is 13.5. The minimum absolute atomic E-state index is 0.191. The molecule has 2 rings (SSSR count). The van der Waals surface area contributed by atoms with E-state index in [2.05, 4.69) is 9.62 Å². The summed E-state index contributed by atoms with van der Waals surface area (Å²) in [6, 6.07) is 0.191. The molecule has 1 aliphatic heterocycles. The lowest BCUT2D eigenvalue weighted by atomic mass is 9.96. The van der Waals surface area contributed by atoms with Gasteiger partial charge in [-0.3, -0.25) is 0 Å². The van der Waals surface area contributed by atoms with Gasteiger partial charge in [-0.1, -0.05) is 25.7 Å². The third-order valence-electron chi connectivity index (χ3n) is 4.63. The van der Waals surface area contributed by atoms with Crippen molar-refractivity contribution in [2.45, 2.75) is 57.4 Å². The number of nitrogens with one attached hydrogen (secondary N) is 1. The Kier molecular flexibility index (Phi) is 6.26. The van der Waals surface area contributed by atoms with E-state index in [1.54, 1.807) is 11.4 Å². The Bertz CT molecular complexity index is 374. The Hall–Kier alpha value is -0.170. The molecule has 1 aliphatic carbocycles. The highest BCUT2D eigenvalue weighted by atomic mass is 32.2. The Labute approximate surface area is 123 Å². The number of hydrogen-bond donors (Lipinski definition) is 1. The largest absolute Gasteiger partial charge is 0.302 e. The number of rotatable bonds is 6. The van der Waals surface area contributed by atoms with Crippen LogP contribution >= 0.6 is 0 Å². The molecule has 1 saturated heterocycles. The monoisotopic (exact) mass is 303 g/mol. The van der Waals surface area contributed by atoms with E-state index in [4.69, 9.17) is 0 Å². The molecule has 0 aromatic heterocycles. The summed E-state index contributed by atoms with van der Waals surface area (Å²) in [6.07, 6.45) is 9.35. The van der Waals surface area contributed by atoms with Gasteiger partial charge in [0.15, 0.2) is 0 Å². The van der Waals surface area contributed by atoms with Crippen LogP contribution in [0.1, 0.15) is 51.4 Å². The first-order valence-corrected chi connectivity index (χ1v) is 9.48. The molecule has 6 heteroatoms. The molecular formula is C14H29N3O2S. The van der Waals surface area contributed by atoms with Crippen LogP contribution < -0.4 is 4.72 Å². The molecular weight excluding hydrogens is 274 g/mol. The summed E-state index contributed by atoms with van der Waals surface area (Å²) < 4.78 is 28.9. The lowest BCUT2D eigenvalue weighted by Crippen LogP contribution is -2.47. The van der Waals surface area contributed by atoms with Crippen molar-refractivity contribution in [3.05, 3.63) is 0 Å². The summed E-state index contributed by atoms with van der Waals surface area (Å²) in [5, 5.41) is 0. The topological polar surface area (TPSA) is 52.7 Å². The van der Waals surface area contributed by atoms with E-state index in [-0.39, 0.29) is 6.04 Å². The highest BCUT2D eigenvalue weighted by molar-refractivity contribution is 7.87. The molecule has 0 spiro atoms. The van der Waals surface area contributed by atoms with Gasteiger partial charge >= 0.3 is 0 Å². The normalized spacial score (nSPS) is 23.3. The fraction of sp³-hybridized carbons (Fsp3) is 1.00. The third kappa shape index (κ3) is 4.69. The van der Waals surface area contributed by atoms with Gasteiger partial charge in [0, 0.05) is 26.2 Å². The van der Waals surface area contributed by atoms with E-state index in [1.165, 1.54) is 25.7 Å². The van der Waals surface area contributed by atoms with Gasteiger partial charge < -0.3 is 4.90 Å². The van der Waals surface area contributed by atoms with Gasteiger partial charge in [0.2, 0.25) is 0 Å². The van der Waals surface area contributed by atoms with Crippen LogP contribution in [0, 0.1) is 0 Å². The molecule has 0 unspecified atom stereocenters. The van der Waals surface area contributed by atoms with Crippen LogP contribution in [0.25, 0.3) is 0 Å². The van der Waals surface area contributed by atoms with E-state index in [9.17, 15) is 8.42 Å². The maximum atomic E-state index is 12.3. The first kappa shape index (κ1) is 16.2. The van der Waals surface area contributed by atoms with Crippen molar-refractivity contribution in [1.29, 1.82) is 0 Å². The Morgan fingerprint density at radius 3 is 2.30 bits per heavy atom. The van der Waals surface area contributed by atoms with Crippen molar-refractivity contribution >= 4 is 10.2 Å². The minimum atomic E-state index is -3.30. The molecule has 5 nitrogen and oxygen atoms in total. The van der Waals surface area contributed by atoms with Crippen molar-refractivity contribution in [1.82, 2.24) is 13.9 Å². The fourth-order valence-electron chi connectivity index (χ4n) is 3.26. The van der Waals surface area contributed by atoms with Crippen LogP contribution in [0.15, 0.2) is 0 Å². The van der Waals surface area contributed by atoms with Crippen LogP contribution in [-0.4, -0.2) is 56.9 Å². The number of piperidine rings is 1. The number of hydrogen-bond acceptors (Lipinski definition) is 3. The zero-order valence-electron chi connectivity index (χ0n) is 12.7. The standard InChI is InChI=1S/C14H29N3O2S/c1-16(14-8-4-2-5-9-14)20(18,19)15-10-13-17-11-6-3-7-12-17/h14-15H,2-13H2,1H3. The van der Waals surface area contributed by atoms with Gasteiger partial charge in [-0.2, -0.15) is 12.7 Å².